The van der Waals surface area contributed by atoms with Gasteiger partial charge in [-0.3, -0.25) is 9.79 Å². The van der Waals surface area contributed by atoms with Crippen LogP contribution in [0.1, 0.15) is 18.1 Å². The highest BCUT2D eigenvalue weighted by molar-refractivity contribution is 14.0. The minimum absolute atomic E-state index is 0. The molecule has 0 saturated heterocycles. The molecule has 0 spiro atoms. The molecular weight excluding hydrogens is 489 g/mol. The molecule has 0 radical (unpaired) electrons. The summed E-state index contributed by atoms with van der Waals surface area (Å²) >= 11 is 0. The largest absolute Gasteiger partial charge is 0.369 e. The summed E-state index contributed by atoms with van der Waals surface area (Å²) in [5, 5.41) is 6.31. The van der Waals surface area contributed by atoms with Crippen molar-refractivity contribution >= 4 is 35.8 Å². The van der Waals surface area contributed by atoms with Crippen molar-refractivity contribution in [2.24, 2.45) is 16.6 Å². The molecule has 1 unspecified atom stereocenters. The first kappa shape index (κ1) is 24.8. The highest BCUT2D eigenvalue weighted by Gasteiger charge is 2.16. The van der Waals surface area contributed by atoms with Crippen LogP contribution in [0.15, 0.2) is 53.5 Å². The number of nitrogens with two attached hydrogens (primary N) is 1. The molecule has 1 amide bonds. The second-order valence-electron chi connectivity index (χ2n) is 6.45. The molecule has 2 aromatic rings. The van der Waals surface area contributed by atoms with Crippen molar-refractivity contribution in [3.8, 4) is 0 Å². The Labute approximate surface area is 187 Å². The number of carbonyl (C=O) groups is 1. The van der Waals surface area contributed by atoms with Crippen molar-refractivity contribution in [1.82, 2.24) is 10.6 Å². The third kappa shape index (κ3) is 9.21. The number of nitrogens with zero attached hydrogens (tertiary/aromatic N) is 1. The third-order valence-corrected chi connectivity index (χ3v) is 4.23. The second kappa shape index (κ2) is 13.1. The first-order valence-electron chi connectivity index (χ1n) is 9.28. The maximum atomic E-state index is 13.0. The maximum Gasteiger partial charge on any atom is 0.222 e. The zero-order chi connectivity index (χ0) is 20.4. The Morgan fingerprint density at radius 1 is 1.00 bits per heavy atom. The molecule has 4 N–H and O–H groups in total. The van der Waals surface area contributed by atoms with Crippen molar-refractivity contribution in [2.75, 3.05) is 19.6 Å². The highest BCUT2D eigenvalue weighted by atomic mass is 127. The van der Waals surface area contributed by atoms with Crippen molar-refractivity contribution in [1.29, 1.82) is 0 Å². The van der Waals surface area contributed by atoms with E-state index < -0.39 is 11.8 Å². The summed E-state index contributed by atoms with van der Waals surface area (Å²) in [4.78, 5) is 16.2. The fraction of sp³-hybridized carbons (Fsp3) is 0.333. The zero-order valence-corrected chi connectivity index (χ0v) is 18.7. The van der Waals surface area contributed by atoms with Gasteiger partial charge in [-0.2, -0.15) is 0 Å². The number of nitrogens with one attached hydrogen (secondary N) is 2. The van der Waals surface area contributed by atoms with E-state index in [9.17, 15) is 13.6 Å². The summed E-state index contributed by atoms with van der Waals surface area (Å²) in [6.45, 7) is 3.44. The first-order valence-corrected chi connectivity index (χ1v) is 9.28. The molecule has 2 aromatic carbocycles. The van der Waals surface area contributed by atoms with Gasteiger partial charge in [-0.15, -0.1) is 24.0 Å². The van der Waals surface area contributed by atoms with Crippen LogP contribution < -0.4 is 16.4 Å². The SMILES string of the molecule is CCNC(=NCC(Cc1ccc(F)cc1)C(N)=O)NCCc1ccc(F)cc1.I. The molecule has 29 heavy (non-hydrogen) atoms. The molecule has 158 valence electrons. The number of primary amides is 1. The Morgan fingerprint density at radius 2 is 1.55 bits per heavy atom. The lowest BCUT2D eigenvalue weighted by Gasteiger charge is -2.14. The van der Waals surface area contributed by atoms with Crippen molar-refractivity contribution in [3.63, 3.8) is 0 Å². The molecule has 0 bridgehead atoms. The van der Waals surface area contributed by atoms with Gasteiger partial charge in [-0.05, 0) is 55.2 Å². The number of hydrogen-bond acceptors (Lipinski definition) is 2. The fourth-order valence-corrected chi connectivity index (χ4v) is 2.68. The van der Waals surface area contributed by atoms with Gasteiger partial charge in [-0.25, -0.2) is 8.78 Å². The lowest BCUT2D eigenvalue weighted by molar-refractivity contribution is -0.121. The maximum absolute atomic E-state index is 13.0. The third-order valence-electron chi connectivity index (χ3n) is 4.23. The average Bonchev–Trinajstić information content (AvgIpc) is 2.67. The number of amides is 1. The van der Waals surface area contributed by atoms with Gasteiger partial charge >= 0.3 is 0 Å². The van der Waals surface area contributed by atoms with Crippen LogP contribution in [-0.2, 0) is 17.6 Å². The molecule has 1 atom stereocenters. The molecule has 0 aliphatic rings. The predicted molar refractivity (Wildman–Crippen MR) is 122 cm³/mol. The van der Waals surface area contributed by atoms with E-state index in [-0.39, 0.29) is 42.2 Å². The summed E-state index contributed by atoms with van der Waals surface area (Å²) in [6.07, 6.45) is 1.10. The number of benzene rings is 2. The van der Waals surface area contributed by atoms with Crippen LogP contribution in [-0.4, -0.2) is 31.5 Å². The van der Waals surface area contributed by atoms with E-state index >= 15 is 0 Å². The van der Waals surface area contributed by atoms with Crippen LogP contribution in [0, 0.1) is 17.6 Å². The number of hydrogen-bond donors (Lipinski definition) is 3. The van der Waals surface area contributed by atoms with Gasteiger partial charge in [0.25, 0.3) is 0 Å². The lowest BCUT2D eigenvalue weighted by Crippen LogP contribution is -2.39. The Bertz CT molecular complexity index is 782. The zero-order valence-electron chi connectivity index (χ0n) is 16.3. The van der Waals surface area contributed by atoms with Crippen molar-refractivity contribution in [3.05, 3.63) is 71.3 Å². The van der Waals surface area contributed by atoms with Gasteiger partial charge in [0.1, 0.15) is 11.6 Å². The molecule has 0 aliphatic carbocycles. The number of rotatable bonds is 9. The summed E-state index contributed by atoms with van der Waals surface area (Å²) < 4.78 is 26.0. The highest BCUT2D eigenvalue weighted by Crippen LogP contribution is 2.10. The van der Waals surface area contributed by atoms with Crippen LogP contribution in [0.2, 0.25) is 0 Å². The van der Waals surface area contributed by atoms with E-state index in [1.165, 1.54) is 24.3 Å². The Kier molecular flexibility index (Phi) is 11.2. The predicted octanol–water partition coefficient (Wildman–Crippen LogP) is 3.02. The Hall–Kier alpha value is -2.23. The Morgan fingerprint density at radius 3 is 2.07 bits per heavy atom. The van der Waals surface area contributed by atoms with Crippen LogP contribution >= 0.6 is 24.0 Å². The minimum Gasteiger partial charge on any atom is -0.369 e. The smallest absolute Gasteiger partial charge is 0.222 e. The molecule has 0 aromatic heterocycles. The summed E-state index contributed by atoms with van der Waals surface area (Å²) in [7, 11) is 0. The standard InChI is InChI=1S/C21H26F2N4O.HI/c1-2-25-21(26-12-11-15-3-7-18(22)8-4-15)27-14-17(20(24)28)13-16-5-9-19(23)10-6-16;/h3-10,17H,2,11-14H2,1H3,(H2,24,28)(H2,25,26,27);1H. The van der Waals surface area contributed by atoms with Gasteiger partial charge in [0.2, 0.25) is 5.91 Å². The van der Waals surface area contributed by atoms with Crippen molar-refractivity contribution in [2.45, 2.75) is 19.8 Å². The second-order valence-corrected chi connectivity index (χ2v) is 6.45. The molecule has 0 fully saturated rings. The van der Waals surface area contributed by atoms with Gasteiger partial charge < -0.3 is 16.4 Å². The molecule has 0 aliphatic heterocycles. The summed E-state index contributed by atoms with van der Waals surface area (Å²) in [6, 6.07) is 12.3. The minimum atomic E-state index is -0.488. The van der Waals surface area contributed by atoms with Crippen LogP contribution in [0.25, 0.3) is 0 Å². The monoisotopic (exact) mass is 516 g/mol. The van der Waals surface area contributed by atoms with E-state index in [1.807, 2.05) is 6.92 Å². The summed E-state index contributed by atoms with van der Waals surface area (Å²) in [5.41, 5.74) is 7.35. The molecule has 5 nitrogen and oxygen atoms in total. The first-order chi connectivity index (χ1) is 13.5. The molecule has 0 heterocycles. The van der Waals surface area contributed by atoms with E-state index in [2.05, 4.69) is 15.6 Å². The lowest BCUT2D eigenvalue weighted by atomic mass is 9.99. The van der Waals surface area contributed by atoms with Crippen LogP contribution in [0.4, 0.5) is 8.78 Å². The van der Waals surface area contributed by atoms with E-state index in [0.29, 0.717) is 31.9 Å². The number of guanidine groups is 1. The van der Waals surface area contributed by atoms with Gasteiger partial charge in [0.15, 0.2) is 5.96 Å². The normalized spacial score (nSPS) is 12.0. The number of halogens is 3. The van der Waals surface area contributed by atoms with E-state index in [1.54, 1.807) is 24.3 Å². The van der Waals surface area contributed by atoms with E-state index in [0.717, 1.165) is 11.1 Å². The molecule has 8 heteroatoms. The topological polar surface area (TPSA) is 79.5 Å². The van der Waals surface area contributed by atoms with Gasteiger partial charge in [-0.1, -0.05) is 24.3 Å². The molecule has 2 rings (SSSR count). The van der Waals surface area contributed by atoms with Gasteiger partial charge in [0.05, 0.1) is 12.5 Å². The number of carbonyl (C=O) groups excluding carboxylic acids is 1. The van der Waals surface area contributed by atoms with Crippen LogP contribution in [0.3, 0.4) is 0 Å². The Balaban J connectivity index is 0.00000420. The van der Waals surface area contributed by atoms with Crippen molar-refractivity contribution < 1.29 is 13.6 Å². The van der Waals surface area contributed by atoms with Crippen LogP contribution in [0.5, 0.6) is 0 Å². The van der Waals surface area contributed by atoms with E-state index in [4.69, 9.17) is 5.73 Å². The van der Waals surface area contributed by atoms with Gasteiger partial charge in [0, 0.05) is 13.1 Å². The molecular formula is C21H27F2IN4O. The summed E-state index contributed by atoms with van der Waals surface area (Å²) in [5.74, 6) is -0.939. The quantitative estimate of drug-likeness (QED) is 0.273. The number of aliphatic imine (C=N–C) groups is 1. The fourth-order valence-electron chi connectivity index (χ4n) is 2.68. The molecule has 0 saturated carbocycles. The average molecular weight is 516 g/mol.